The van der Waals surface area contributed by atoms with Crippen molar-refractivity contribution in [2.75, 3.05) is 0 Å². The van der Waals surface area contributed by atoms with Gasteiger partial charge >= 0.3 is 0 Å². The van der Waals surface area contributed by atoms with E-state index in [0.29, 0.717) is 17.5 Å². The molecule has 0 spiro atoms. The summed E-state index contributed by atoms with van der Waals surface area (Å²) >= 11 is 1.88. The quantitative estimate of drug-likeness (QED) is 0.153. The van der Waals surface area contributed by atoms with Crippen LogP contribution in [-0.2, 0) is 0 Å². The van der Waals surface area contributed by atoms with E-state index in [9.17, 15) is 0 Å². The van der Waals surface area contributed by atoms with E-state index in [-0.39, 0.29) is 0 Å². The lowest BCUT2D eigenvalue weighted by Gasteiger charge is -2.16. The van der Waals surface area contributed by atoms with Gasteiger partial charge in [0.15, 0.2) is 17.5 Å². The molecule has 0 bridgehead atoms. The Labute approximate surface area is 404 Å². The van der Waals surface area contributed by atoms with Gasteiger partial charge in [-0.15, -0.1) is 11.3 Å². The second-order valence-electron chi connectivity index (χ2n) is 17.4. The SMILES string of the molecule is c1ccc(-c2cccc(-c3nc(-c4ccc(-c5ccc(-c6ccc(-c7cccc8c7sc7ccccc78)c7ccccc67)c6ccccc56)cc4)nc(-c4ccccc4-c4ccccc4)n3)c2)cc1. The zero-order valence-corrected chi connectivity index (χ0v) is 38.2. The van der Waals surface area contributed by atoms with Gasteiger partial charge in [-0.3, -0.25) is 0 Å². The third kappa shape index (κ3) is 7.26. The molecule has 0 aliphatic carbocycles. The Morgan fingerprint density at radius 3 is 1.32 bits per heavy atom. The number of thiophene rings is 1. The molecule has 13 aromatic rings. The molecule has 0 aliphatic heterocycles. The molecule has 0 atom stereocenters. The summed E-state index contributed by atoms with van der Waals surface area (Å²) in [6.45, 7) is 0. The molecule has 0 fully saturated rings. The van der Waals surface area contributed by atoms with Gasteiger partial charge in [0.25, 0.3) is 0 Å². The number of aromatic nitrogens is 3. The van der Waals surface area contributed by atoms with Gasteiger partial charge in [0.1, 0.15) is 0 Å². The minimum absolute atomic E-state index is 0.619. The van der Waals surface area contributed by atoms with E-state index in [0.717, 1.165) is 44.5 Å². The van der Waals surface area contributed by atoms with Gasteiger partial charge in [0.05, 0.1) is 0 Å². The predicted octanol–water partition coefficient (Wildman–Crippen LogP) is 17.9. The van der Waals surface area contributed by atoms with E-state index < -0.39 is 0 Å². The molecule has 3 nitrogen and oxygen atoms in total. The number of hydrogen-bond donors (Lipinski definition) is 0. The van der Waals surface area contributed by atoms with Gasteiger partial charge in [0, 0.05) is 42.4 Å². The smallest absolute Gasteiger partial charge is 0.164 e. The zero-order valence-electron chi connectivity index (χ0n) is 37.4. The fourth-order valence-electron chi connectivity index (χ4n) is 10.1. The van der Waals surface area contributed by atoms with Crippen LogP contribution in [0.4, 0.5) is 0 Å². The average Bonchev–Trinajstić information content (AvgIpc) is 3.82. The Kier molecular flexibility index (Phi) is 10.0. The minimum atomic E-state index is 0.619. The van der Waals surface area contributed by atoms with Crippen LogP contribution in [0.3, 0.4) is 0 Å². The van der Waals surface area contributed by atoms with Gasteiger partial charge in [-0.25, -0.2) is 15.0 Å². The highest BCUT2D eigenvalue weighted by molar-refractivity contribution is 7.26. The molecular weight excluding hydrogens is 855 g/mol. The Bertz CT molecular complexity index is 4060. The lowest BCUT2D eigenvalue weighted by atomic mass is 9.88. The predicted molar refractivity (Wildman–Crippen MR) is 291 cm³/mol. The van der Waals surface area contributed by atoms with Crippen molar-refractivity contribution in [3.8, 4) is 89.8 Å². The second-order valence-corrected chi connectivity index (χ2v) is 18.5. The fourth-order valence-corrected chi connectivity index (χ4v) is 11.3. The van der Waals surface area contributed by atoms with Gasteiger partial charge in [0.2, 0.25) is 0 Å². The average molecular weight is 896 g/mol. The molecule has 0 unspecified atom stereocenters. The summed E-state index contributed by atoms with van der Waals surface area (Å²) in [4.78, 5) is 15.6. The highest BCUT2D eigenvalue weighted by Gasteiger charge is 2.19. The summed E-state index contributed by atoms with van der Waals surface area (Å²) in [6, 6.07) is 88.8. The van der Waals surface area contributed by atoms with Gasteiger partial charge in [-0.2, -0.15) is 0 Å². The Morgan fingerprint density at radius 1 is 0.217 bits per heavy atom. The number of benzene rings is 11. The molecule has 0 aliphatic rings. The first kappa shape index (κ1) is 40.4. The van der Waals surface area contributed by atoms with Crippen molar-refractivity contribution in [2.24, 2.45) is 0 Å². The molecular formula is C65H41N3S. The first-order valence-corrected chi connectivity index (χ1v) is 24.2. The van der Waals surface area contributed by atoms with Crippen molar-refractivity contribution >= 4 is 53.1 Å². The van der Waals surface area contributed by atoms with Crippen LogP contribution in [0.5, 0.6) is 0 Å². The number of hydrogen-bond acceptors (Lipinski definition) is 4. The van der Waals surface area contributed by atoms with Crippen molar-refractivity contribution in [3.05, 3.63) is 249 Å². The molecule has 2 aromatic heterocycles. The zero-order chi connectivity index (χ0) is 45.7. The highest BCUT2D eigenvalue weighted by Crippen LogP contribution is 2.45. The first-order chi connectivity index (χ1) is 34.2. The Balaban J connectivity index is 0.900. The molecule has 11 aromatic carbocycles. The molecule has 322 valence electrons. The number of rotatable bonds is 8. The summed E-state index contributed by atoms with van der Waals surface area (Å²) in [5, 5.41) is 7.53. The fraction of sp³-hybridized carbons (Fsp3) is 0. The molecule has 69 heavy (non-hydrogen) atoms. The second kappa shape index (κ2) is 17.1. The highest BCUT2D eigenvalue weighted by atomic mass is 32.1. The van der Waals surface area contributed by atoms with E-state index in [1.807, 2.05) is 23.5 Å². The van der Waals surface area contributed by atoms with Crippen molar-refractivity contribution in [3.63, 3.8) is 0 Å². The largest absolute Gasteiger partial charge is 0.208 e. The van der Waals surface area contributed by atoms with Crippen LogP contribution >= 0.6 is 11.3 Å². The van der Waals surface area contributed by atoms with Crippen LogP contribution in [-0.4, -0.2) is 15.0 Å². The molecule has 0 radical (unpaired) electrons. The summed E-state index contributed by atoms with van der Waals surface area (Å²) in [5.74, 6) is 1.87. The standard InChI is InChI=1S/C65H41N3S/c1-3-17-42(18-4-1)46-21-15-22-47(41-46)64-66-63(67-65(68-64)60-29-12-7-23-48(60)43-19-5-2-6-20-43)45-35-33-44(34-36-45)49-37-38-54(51-25-9-8-24-50(49)51)55-39-40-56(53-27-11-10-26-52(53)55)58-30-16-31-59-57-28-13-14-32-61(57)69-62(58)59/h1-41H. The molecule has 13 rings (SSSR count). The monoisotopic (exact) mass is 895 g/mol. The molecule has 4 heteroatoms. The van der Waals surface area contributed by atoms with Gasteiger partial charge in [-0.05, 0) is 83.7 Å². The van der Waals surface area contributed by atoms with Crippen molar-refractivity contribution in [1.82, 2.24) is 15.0 Å². The summed E-state index contributed by atoms with van der Waals surface area (Å²) in [7, 11) is 0. The lowest BCUT2D eigenvalue weighted by Crippen LogP contribution is -2.01. The third-order valence-corrected chi connectivity index (χ3v) is 14.6. The summed E-state index contributed by atoms with van der Waals surface area (Å²) in [6.07, 6.45) is 0. The van der Waals surface area contributed by atoms with Crippen molar-refractivity contribution in [1.29, 1.82) is 0 Å². The lowest BCUT2D eigenvalue weighted by molar-refractivity contribution is 1.07. The van der Waals surface area contributed by atoms with Gasteiger partial charge in [-0.1, -0.05) is 237 Å². The van der Waals surface area contributed by atoms with Crippen LogP contribution < -0.4 is 0 Å². The van der Waals surface area contributed by atoms with Crippen LogP contribution in [0.15, 0.2) is 249 Å². The third-order valence-electron chi connectivity index (χ3n) is 13.4. The van der Waals surface area contributed by atoms with Crippen LogP contribution in [0.2, 0.25) is 0 Å². The molecule has 0 N–H and O–H groups in total. The normalized spacial score (nSPS) is 11.5. The Hall–Kier alpha value is -8.83. The molecule has 0 saturated carbocycles. The molecule has 0 amide bonds. The maximum atomic E-state index is 5.22. The summed E-state index contributed by atoms with van der Waals surface area (Å²) < 4.78 is 2.65. The van der Waals surface area contributed by atoms with E-state index in [4.69, 9.17) is 15.0 Å². The van der Waals surface area contributed by atoms with Crippen molar-refractivity contribution < 1.29 is 0 Å². The first-order valence-electron chi connectivity index (χ1n) is 23.3. The van der Waals surface area contributed by atoms with Crippen LogP contribution in [0, 0.1) is 0 Å². The van der Waals surface area contributed by atoms with E-state index in [1.165, 1.54) is 69.5 Å². The van der Waals surface area contributed by atoms with E-state index >= 15 is 0 Å². The summed E-state index contributed by atoms with van der Waals surface area (Å²) in [5.41, 5.74) is 14.5. The number of fused-ring (bicyclic) bond motifs is 5. The maximum Gasteiger partial charge on any atom is 0.164 e. The minimum Gasteiger partial charge on any atom is -0.208 e. The van der Waals surface area contributed by atoms with E-state index in [2.05, 4.69) is 237 Å². The topological polar surface area (TPSA) is 38.7 Å². The number of nitrogens with zero attached hydrogens (tertiary/aromatic N) is 3. The van der Waals surface area contributed by atoms with Crippen LogP contribution in [0.1, 0.15) is 0 Å². The van der Waals surface area contributed by atoms with Gasteiger partial charge < -0.3 is 0 Å². The Morgan fingerprint density at radius 2 is 0.638 bits per heavy atom. The van der Waals surface area contributed by atoms with Crippen LogP contribution in [0.25, 0.3) is 132 Å². The molecule has 2 heterocycles. The maximum absolute atomic E-state index is 5.22. The van der Waals surface area contributed by atoms with Crippen molar-refractivity contribution in [2.45, 2.75) is 0 Å². The van der Waals surface area contributed by atoms with E-state index in [1.54, 1.807) is 0 Å². The molecule has 0 saturated heterocycles.